The molecule has 0 heterocycles. The van der Waals surface area contributed by atoms with Crippen LogP contribution in [0.5, 0.6) is 0 Å². The van der Waals surface area contributed by atoms with Crippen molar-refractivity contribution in [2.75, 3.05) is 0 Å². The van der Waals surface area contributed by atoms with Crippen LogP contribution in [-0.2, 0) is 8.85 Å². The van der Waals surface area contributed by atoms with Crippen LogP contribution >= 0.6 is 0 Å². The molecule has 0 spiro atoms. The molecule has 0 amide bonds. The predicted octanol–water partition coefficient (Wildman–Crippen LogP) is 10.1. The maximum atomic E-state index is 7.15. The molecule has 4 aliphatic carbocycles. The molecule has 0 aliphatic heterocycles. The van der Waals surface area contributed by atoms with Gasteiger partial charge in [0, 0.05) is 6.10 Å². The van der Waals surface area contributed by atoms with Crippen molar-refractivity contribution < 1.29 is 8.85 Å². The Morgan fingerprint density at radius 3 is 2.14 bits per heavy atom. The van der Waals surface area contributed by atoms with Gasteiger partial charge in [0.25, 0.3) is 0 Å². The van der Waals surface area contributed by atoms with Crippen molar-refractivity contribution in [2.24, 2.45) is 46.3 Å². The summed E-state index contributed by atoms with van der Waals surface area (Å²) in [6.07, 6.45) is 17.1. The first-order valence-electron chi connectivity index (χ1n) is 16.1. The third-order valence-electron chi connectivity index (χ3n) is 11.3. The Labute approximate surface area is 233 Å². The van der Waals surface area contributed by atoms with E-state index in [-0.39, 0.29) is 0 Å². The first-order valence-corrected chi connectivity index (χ1v) is 22.9. The second kappa shape index (κ2) is 10.8. The summed E-state index contributed by atoms with van der Waals surface area (Å²) >= 11 is 0. The molecule has 0 aromatic heterocycles. The average Bonchev–Trinajstić information content (AvgIpc) is 3.09. The molecule has 0 saturated heterocycles. The van der Waals surface area contributed by atoms with Gasteiger partial charge in [-0.15, -0.1) is 0 Å². The van der Waals surface area contributed by atoms with Crippen LogP contribution in [0.25, 0.3) is 0 Å². The molecule has 3 unspecified atom stereocenters. The number of hydrogen-bond acceptors (Lipinski definition) is 2. The van der Waals surface area contributed by atoms with Crippen LogP contribution in [0, 0.1) is 46.3 Å². The van der Waals surface area contributed by atoms with E-state index in [4.69, 9.17) is 8.85 Å². The highest BCUT2D eigenvalue weighted by atomic mass is 28.4. The van der Waals surface area contributed by atoms with Crippen LogP contribution in [0.1, 0.15) is 98.8 Å². The molecule has 4 heteroatoms. The third-order valence-corrected chi connectivity index (χ3v) is 13.3. The fraction of sp³-hybridized carbons (Fsp3) is 0.939. The first-order chi connectivity index (χ1) is 17.0. The van der Waals surface area contributed by atoms with Crippen molar-refractivity contribution in [1.29, 1.82) is 0 Å². The highest BCUT2D eigenvalue weighted by Gasteiger charge is 2.61. The van der Waals surface area contributed by atoms with E-state index in [1.807, 2.05) is 0 Å². The highest BCUT2D eigenvalue weighted by Crippen LogP contribution is 2.68. The van der Waals surface area contributed by atoms with E-state index in [1.54, 1.807) is 5.57 Å². The molecule has 0 N–H and O–H groups in total. The fourth-order valence-corrected chi connectivity index (χ4v) is 12.0. The molecule has 2 nitrogen and oxygen atoms in total. The van der Waals surface area contributed by atoms with Gasteiger partial charge < -0.3 is 8.85 Å². The molecule has 214 valence electrons. The maximum Gasteiger partial charge on any atom is 0.184 e. The largest absolute Gasteiger partial charge is 0.414 e. The standard InChI is InChI=1S/C33H62O2Si2/c1-23(2)13-12-14-24(3)27-15-16-28-31-29(18-20-33(27,28)5)32(4)19-17-26(34-36(6,7)8)21-25(32)22-30(31)35-37(9,10)11/h22-24,26-31H,12-21H2,1-11H3/t24-,26+,27-,28?,29?,30-,31?,32+,33-/m1/s1. The van der Waals surface area contributed by atoms with E-state index in [2.05, 4.69) is 80.0 Å². The minimum absolute atomic E-state index is 0.324. The minimum atomic E-state index is -1.66. The highest BCUT2D eigenvalue weighted by molar-refractivity contribution is 6.70. The van der Waals surface area contributed by atoms with Crippen molar-refractivity contribution in [3.63, 3.8) is 0 Å². The van der Waals surface area contributed by atoms with Crippen molar-refractivity contribution in [1.82, 2.24) is 0 Å². The lowest BCUT2D eigenvalue weighted by Gasteiger charge is -2.61. The molecule has 0 aromatic carbocycles. The van der Waals surface area contributed by atoms with E-state index in [9.17, 15) is 0 Å². The molecule has 0 aromatic rings. The van der Waals surface area contributed by atoms with Crippen LogP contribution in [0.2, 0.25) is 39.3 Å². The summed E-state index contributed by atoms with van der Waals surface area (Å²) in [6.45, 7) is 27.0. The van der Waals surface area contributed by atoms with Gasteiger partial charge in [-0.3, -0.25) is 0 Å². The molecule has 37 heavy (non-hydrogen) atoms. The Balaban J connectivity index is 1.61. The van der Waals surface area contributed by atoms with E-state index in [1.165, 1.54) is 57.8 Å². The molecule has 4 aliphatic rings. The summed E-state index contributed by atoms with van der Waals surface area (Å²) in [6, 6.07) is 0. The number of rotatable bonds is 9. The second-order valence-corrected chi connectivity index (χ2v) is 25.6. The van der Waals surface area contributed by atoms with Gasteiger partial charge in [-0.2, -0.15) is 0 Å². The monoisotopic (exact) mass is 546 g/mol. The molecule has 9 atom stereocenters. The van der Waals surface area contributed by atoms with E-state index in [0.29, 0.717) is 29.0 Å². The van der Waals surface area contributed by atoms with Gasteiger partial charge in [0.2, 0.25) is 0 Å². The van der Waals surface area contributed by atoms with Crippen molar-refractivity contribution in [2.45, 2.75) is 150 Å². The number of fused-ring (bicyclic) bond motifs is 5. The Kier molecular flexibility index (Phi) is 8.79. The van der Waals surface area contributed by atoms with Gasteiger partial charge in [-0.25, -0.2) is 0 Å². The Morgan fingerprint density at radius 1 is 0.838 bits per heavy atom. The van der Waals surface area contributed by atoms with Crippen LogP contribution in [0.3, 0.4) is 0 Å². The number of hydrogen-bond donors (Lipinski definition) is 0. The Hall–Kier alpha value is 0.0938. The smallest absolute Gasteiger partial charge is 0.184 e. The average molecular weight is 547 g/mol. The lowest BCUT2D eigenvalue weighted by atomic mass is 9.46. The molecule has 4 rings (SSSR count). The summed E-state index contributed by atoms with van der Waals surface area (Å²) < 4.78 is 13.8. The van der Waals surface area contributed by atoms with Crippen LogP contribution < -0.4 is 0 Å². The van der Waals surface area contributed by atoms with Crippen molar-refractivity contribution in [3.05, 3.63) is 11.6 Å². The topological polar surface area (TPSA) is 18.5 Å². The van der Waals surface area contributed by atoms with Crippen molar-refractivity contribution in [3.8, 4) is 0 Å². The quantitative estimate of drug-likeness (QED) is 0.211. The van der Waals surface area contributed by atoms with Crippen molar-refractivity contribution >= 4 is 16.6 Å². The normalized spacial score (nSPS) is 41.1. The molecule has 3 saturated carbocycles. The first kappa shape index (κ1) is 30.1. The molecular formula is C33H62O2Si2. The van der Waals surface area contributed by atoms with E-state index >= 15 is 0 Å². The minimum Gasteiger partial charge on any atom is -0.414 e. The third kappa shape index (κ3) is 6.38. The predicted molar refractivity (Wildman–Crippen MR) is 165 cm³/mol. The van der Waals surface area contributed by atoms with Gasteiger partial charge in [0.15, 0.2) is 16.6 Å². The van der Waals surface area contributed by atoms with Gasteiger partial charge in [0.05, 0.1) is 6.10 Å². The van der Waals surface area contributed by atoms with Crippen LogP contribution in [-0.4, -0.2) is 28.8 Å². The summed E-state index contributed by atoms with van der Waals surface area (Å²) in [4.78, 5) is 0. The fourth-order valence-electron chi connectivity index (χ4n) is 9.74. The zero-order chi connectivity index (χ0) is 27.4. The van der Waals surface area contributed by atoms with Gasteiger partial charge >= 0.3 is 0 Å². The van der Waals surface area contributed by atoms with Gasteiger partial charge in [-0.05, 0) is 131 Å². The Morgan fingerprint density at radius 2 is 1.51 bits per heavy atom. The molecule has 3 fully saturated rings. The summed E-state index contributed by atoms with van der Waals surface area (Å²) in [5, 5.41) is 0. The van der Waals surface area contributed by atoms with Gasteiger partial charge in [0.1, 0.15) is 0 Å². The van der Waals surface area contributed by atoms with Crippen LogP contribution in [0.15, 0.2) is 11.6 Å². The van der Waals surface area contributed by atoms with Gasteiger partial charge in [-0.1, -0.05) is 65.5 Å². The van der Waals surface area contributed by atoms with E-state index < -0.39 is 16.6 Å². The molecular weight excluding hydrogens is 485 g/mol. The summed E-state index contributed by atoms with van der Waals surface area (Å²) in [5.74, 6) is 4.93. The van der Waals surface area contributed by atoms with Crippen LogP contribution in [0.4, 0.5) is 0 Å². The molecule has 0 bridgehead atoms. The summed E-state index contributed by atoms with van der Waals surface area (Å²) in [5.41, 5.74) is 2.55. The second-order valence-electron chi connectivity index (χ2n) is 16.7. The van der Waals surface area contributed by atoms with E-state index in [0.717, 1.165) is 36.0 Å². The lowest BCUT2D eigenvalue weighted by Crippen LogP contribution is -2.57. The Bertz CT molecular complexity index is 823. The maximum absolute atomic E-state index is 7.15. The summed E-state index contributed by atoms with van der Waals surface area (Å²) in [7, 11) is -3.19. The lowest BCUT2D eigenvalue weighted by molar-refractivity contribution is -0.0923. The molecule has 0 radical (unpaired) electrons. The zero-order valence-electron chi connectivity index (χ0n) is 26.6. The zero-order valence-corrected chi connectivity index (χ0v) is 28.6. The SMILES string of the molecule is CC(C)CCC[C@@H](C)[C@H]1CCC2C3C(CC[C@@]21C)[C@@]1(C)CC[C@H](O[Si](C)(C)C)CC1=C[C@H]3O[Si](C)(C)C.